The molecule has 0 spiro atoms. The quantitative estimate of drug-likeness (QED) is 0.902. The van der Waals surface area contributed by atoms with E-state index in [9.17, 15) is 4.79 Å². The molecule has 0 aliphatic rings. The molecule has 0 bridgehead atoms. The minimum atomic E-state index is -0.239. The normalized spacial score (nSPS) is 10.0. The minimum absolute atomic E-state index is 0.239. The van der Waals surface area contributed by atoms with Gasteiger partial charge >= 0.3 is 0 Å². The second-order valence-electron chi connectivity index (χ2n) is 3.32. The van der Waals surface area contributed by atoms with Crippen molar-refractivity contribution in [3.63, 3.8) is 0 Å². The number of rotatable bonds is 2. The van der Waals surface area contributed by atoms with Gasteiger partial charge in [0.2, 0.25) is 0 Å². The Morgan fingerprint density at radius 1 is 1.00 bits per heavy atom. The zero-order valence-corrected chi connectivity index (χ0v) is 10.2. The van der Waals surface area contributed by atoms with E-state index in [2.05, 4.69) is 10.3 Å². The van der Waals surface area contributed by atoms with Crippen molar-refractivity contribution < 1.29 is 4.79 Å². The van der Waals surface area contributed by atoms with Crippen molar-refractivity contribution in [3.8, 4) is 0 Å². The average molecular weight is 267 g/mol. The molecular formula is C12H8Cl2N2O. The van der Waals surface area contributed by atoms with Crippen molar-refractivity contribution in [3.05, 3.63) is 58.2 Å². The summed E-state index contributed by atoms with van der Waals surface area (Å²) in [6, 6.07) is 9.90. The van der Waals surface area contributed by atoms with Crippen molar-refractivity contribution in [2.24, 2.45) is 0 Å². The van der Waals surface area contributed by atoms with Crippen LogP contribution in [0.3, 0.4) is 0 Å². The number of halogens is 2. The molecule has 86 valence electrons. The zero-order chi connectivity index (χ0) is 12.3. The van der Waals surface area contributed by atoms with Crippen LogP contribution >= 0.6 is 23.2 Å². The van der Waals surface area contributed by atoms with E-state index in [4.69, 9.17) is 23.2 Å². The fraction of sp³-hybridized carbons (Fsp3) is 0. The molecule has 1 heterocycles. The largest absolute Gasteiger partial charge is 0.307 e. The van der Waals surface area contributed by atoms with Gasteiger partial charge in [-0.25, -0.2) is 4.98 Å². The summed E-state index contributed by atoms with van der Waals surface area (Å²) in [6.45, 7) is 0. The van der Waals surface area contributed by atoms with E-state index in [1.54, 1.807) is 36.4 Å². The molecule has 1 aromatic carbocycles. The second kappa shape index (κ2) is 5.17. The van der Waals surface area contributed by atoms with Crippen LogP contribution in [0.2, 0.25) is 10.0 Å². The highest BCUT2D eigenvalue weighted by atomic mass is 35.5. The first-order chi connectivity index (χ1) is 8.15. The van der Waals surface area contributed by atoms with Gasteiger partial charge in [-0.1, -0.05) is 23.2 Å². The molecule has 0 aliphatic heterocycles. The van der Waals surface area contributed by atoms with Crippen molar-refractivity contribution >= 4 is 34.9 Å². The summed E-state index contributed by atoms with van der Waals surface area (Å²) < 4.78 is 0. The van der Waals surface area contributed by atoms with Crippen LogP contribution in [0.4, 0.5) is 5.82 Å². The van der Waals surface area contributed by atoms with Crippen LogP contribution in [0.15, 0.2) is 42.6 Å². The predicted octanol–water partition coefficient (Wildman–Crippen LogP) is 3.64. The van der Waals surface area contributed by atoms with Crippen LogP contribution in [0.5, 0.6) is 0 Å². The number of nitrogens with one attached hydrogen (secondary N) is 1. The molecule has 0 saturated carbocycles. The molecule has 0 radical (unpaired) electrons. The summed E-state index contributed by atoms with van der Waals surface area (Å²) in [5, 5.41) is 3.76. The number of aromatic nitrogens is 1. The zero-order valence-electron chi connectivity index (χ0n) is 8.65. The fourth-order valence-corrected chi connectivity index (χ4v) is 1.48. The van der Waals surface area contributed by atoms with E-state index >= 15 is 0 Å². The fourth-order valence-electron chi connectivity index (χ4n) is 1.24. The summed E-state index contributed by atoms with van der Waals surface area (Å²) in [4.78, 5) is 15.8. The number of anilines is 1. The summed E-state index contributed by atoms with van der Waals surface area (Å²) in [5.74, 6) is 0.214. The summed E-state index contributed by atoms with van der Waals surface area (Å²) in [7, 11) is 0. The van der Waals surface area contributed by atoms with E-state index in [1.165, 1.54) is 6.20 Å². The van der Waals surface area contributed by atoms with Crippen molar-refractivity contribution in [1.82, 2.24) is 4.98 Å². The number of carbonyl (C=O) groups excluding carboxylic acids is 1. The SMILES string of the molecule is O=C(Nc1ccc(Cl)cn1)c1ccc(Cl)cc1. The third kappa shape index (κ3) is 3.19. The number of pyridine rings is 1. The molecule has 17 heavy (non-hydrogen) atoms. The molecule has 2 aromatic rings. The van der Waals surface area contributed by atoms with Crippen LogP contribution in [-0.4, -0.2) is 10.9 Å². The number of carbonyl (C=O) groups is 1. The molecule has 0 fully saturated rings. The first-order valence-electron chi connectivity index (χ1n) is 4.83. The lowest BCUT2D eigenvalue weighted by molar-refractivity contribution is 0.102. The van der Waals surface area contributed by atoms with Gasteiger partial charge in [-0.3, -0.25) is 4.79 Å². The lowest BCUT2D eigenvalue weighted by Crippen LogP contribution is -2.12. The van der Waals surface area contributed by atoms with E-state index in [0.29, 0.717) is 21.4 Å². The number of hydrogen-bond donors (Lipinski definition) is 1. The maximum atomic E-state index is 11.8. The smallest absolute Gasteiger partial charge is 0.256 e. The van der Waals surface area contributed by atoms with E-state index in [-0.39, 0.29) is 5.91 Å². The monoisotopic (exact) mass is 266 g/mol. The lowest BCUT2D eigenvalue weighted by Gasteiger charge is -2.04. The molecule has 0 aliphatic carbocycles. The van der Waals surface area contributed by atoms with Crippen molar-refractivity contribution in [2.75, 3.05) is 5.32 Å². The number of nitrogens with zero attached hydrogens (tertiary/aromatic N) is 1. The van der Waals surface area contributed by atoms with E-state index < -0.39 is 0 Å². The molecule has 0 unspecified atom stereocenters. The van der Waals surface area contributed by atoms with E-state index in [1.807, 2.05) is 0 Å². The van der Waals surface area contributed by atoms with Gasteiger partial charge in [-0.2, -0.15) is 0 Å². The first kappa shape index (κ1) is 11.9. The van der Waals surface area contributed by atoms with Crippen LogP contribution in [0.1, 0.15) is 10.4 Å². The van der Waals surface area contributed by atoms with Gasteiger partial charge < -0.3 is 5.32 Å². The molecular weight excluding hydrogens is 259 g/mol. The first-order valence-corrected chi connectivity index (χ1v) is 5.59. The Balaban J connectivity index is 2.11. The Bertz CT molecular complexity index is 523. The van der Waals surface area contributed by atoms with Crippen LogP contribution < -0.4 is 5.32 Å². The highest BCUT2D eigenvalue weighted by molar-refractivity contribution is 6.31. The molecule has 0 saturated heterocycles. The third-order valence-electron chi connectivity index (χ3n) is 2.08. The Morgan fingerprint density at radius 3 is 2.24 bits per heavy atom. The number of amides is 1. The van der Waals surface area contributed by atoms with E-state index in [0.717, 1.165) is 0 Å². The van der Waals surface area contributed by atoms with Crippen LogP contribution in [0, 0.1) is 0 Å². The molecule has 0 atom stereocenters. The average Bonchev–Trinajstić information content (AvgIpc) is 2.33. The van der Waals surface area contributed by atoms with Gasteiger partial charge in [0.15, 0.2) is 0 Å². The highest BCUT2D eigenvalue weighted by Gasteiger charge is 2.06. The maximum Gasteiger partial charge on any atom is 0.256 e. The molecule has 2 rings (SSSR count). The van der Waals surface area contributed by atoms with Gasteiger partial charge in [-0.15, -0.1) is 0 Å². The Hall–Kier alpha value is -1.58. The van der Waals surface area contributed by atoms with Crippen molar-refractivity contribution in [2.45, 2.75) is 0 Å². The number of hydrogen-bond acceptors (Lipinski definition) is 2. The standard InChI is InChI=1S/C12H8Cl2N2O/c13-9-3-1-8(2-4-9)12(17)16-11-6-5-10(14)7-15-11/h1-7H,(H,15,16,17). The predicted molar refractivity (Wildman–Crippen MR) is 68.7 cm³/mol. The van der Waals surface area contributed by atoms with Crippen molar-refractivity contribution in [1.29, 1.82) is 0 Å². The lowest BCUT2D eigenvalue weighted by atomic mass is 10.2. The number of benzene rings is 1. The molecule has 1 amide bonds. The van der Waals surface area contributed by atoms with Gasteiger partial charge in [0.05, 0.1) is 5.02 Å². The van der Waals surface area contributed by atoms with Gasteiger partial charge in [0, 0.05) is 16.8 Å². The molecule has 1 aromatic heterocycles. The summed E-state index contributed by atoms with van der Waals surface area (Å²) in [5.41, 5.74) is 0.520. The molecule has 3 nitrogen and oxygen atoms in total. The Labute approximate surface area is 108 Å². The third-order valence-corrected chi connectivity index (χ3v) is 2.55. The summed E-state index contributed by atoms with van der Waals surface area (Å²) in [6.07, 6.45) is 1.47. The summed E-state index contributed by atoms with van der Waals surface area (Å²) >= 11 is 11.4. The van der Waals surface area contributed by atoms with Gasteiger partial charge in [0.25, 0.3) is 5.91 Å². The topological polar surface area (TPSA) is 42.0 Å². The van der Waals surface area contributed by atoms with Gasteiger partial charge in [0.1, 0.15) is 5.82 Å². The van der Waals surface area contributed by atoms with Crippen LogP contribution in [0.25, 0.3) is 0 Å². The molecule has 1 N–H and O–H groups in total. The highest BCUT2D eigenvalue weighted by Crippen LogP contribution is 2.13. The second-order valence-corrected chi connectivity index (χ2v) is 4.20. The minimum Gasteiger partial charge on any atom is -0.307 e. The maximum absolute atomic E-state index is 11.8. The molecule has 5 heteroatoms. The van der Waals surface area contributed by atoms with Gasteiger partial charge in [-0.05, 0) is 36.4 Å². The Kier molecular flexibility index (Phi) is 3.61. The Morgan fingerprint density at radius 2 is 1.65 bits per heavy atom. The van der Waals surface area contributed by atoms with Crippen LogP contribution in [-0.2, 0) is 0 Å².